The Labute approximate surface area is 187 Å². The van der Waals surface area contributed by atoms with Gasteiger partial charge >= 0.3 is 0 Å². The van der Waals surface area contributed by atoms with Crippen molar-refractivity contribution in [3.8, 4) is 17.2 Å². The zero-order valence-electron chi connectivity index (χ0n) is 17.7. The van der Waals surface area contributed by atoms with Crippen molar-refractivity contribution < 1.29 is 19.0 Å². The summed E-state index contributed by atoms with van der Waals surface area (Å²) >= 11 is 6.61. The molecule has 0 saturated carbocycles. The molecule has 0 saturated heterocycles. The van der Waals surface area contributed by atoms with Gasteiger partial charge in [-0.15, -0.1) is 0 Å². The number of hydrogen-bond donors (Lipinski definition) is 0. The number of amides is 1. The largest absolute Gasteiger partial charge is 0.497 e. The summed E-state index contributed by atoms with van der Waals surface area (Å²) in [6.45, 7) is 0.550. The third-order valence-corrected chi connectivity index (χ3v) is 6.00. The topological polar surface area (TPSA) is 48.0 Å². The van der Waals surface area contributed by atoms with Crippen LogP contribution in [-0.2, 0) is 6.42 Å². The van der Waals surface area contributed by atoms with Gasteiger partial charge < -0.3 is 19.1 Å². The Morgan fingerprint density at radius 3 is 2.35 bits per heavy atom. The van der Waals surface area contributed by atoms with Crippen LogP contribution >= 0.6 is 11.6 Å². The number of carbonyl (C=O) groups is 1. The Morgan fingerprint density at radius 2 is 1.65 bits per heavy atom. The van der Waals surface area contributed by atoms with Gasteiger partial charge in [0.2, 0.25) is 0 Å². The minimum atomic E-state index is -0.351. The first-order valence-corrected chi connectivity index (χ1v) is 10.4. The van der Waals surface area contributed by atoms with Gasteiger partial charge in [0.1, 0.15) is 5.75 Å². The second-order valence-electron chi connectivity index (χ2n) is 7.31. The second kappa shape index (κ2) is 8.90. The molecule has 0 bridgehead atoms. The lowest BCUT2D eigenvalue weighted by atomic mass is 9.87. The number of methoxy groups -OCH3 is 3. The first kappa shape index (κ1) is 21.1. The van der Waals surface area contributed by atoms with E-state index < -0.39 is 0 Å². The molecule has 1 atom stereocenters. The smallest absolute Gasteiger partial charge is 0.254 e. The lowest BCUT2D eigenvalue weighted by Gasteiger charge is -2.38. The van der Waals surface area contributed by atoms with Crippen LogP contribution in [0.25, 0.3) is 0 Å². The van der Waals surface area contributed by atoms with Crippen molar-refractivity contribution in [3.63, 3.8) is 0 Å². The van der Waals surface area contributed by atoms with Crippen molar-refractivity contribution in [2.45, 2.75) is 12.5 Å². The molecule has 1 unspecified atom stereocenters. The highest BCUT2D eigenvalue weighted by molar-refractivity contribution is 6.31. The maximum absolute atomic E-state index is 13.6. The average molecular weight is 438 g/mol. The lowest BCUT2D eigenvalue weighted by Crippen LogP contribution is -2.40. The van der Waals surface area contributed by atoms with Crippen LogP contribution < -0.4 is 14.2 Å². The van der Waals surface area contributed by atoms with E-state index in [9.17, 15) is 4.79 Å². The first-order chi connectivity index (χ1) is 15.1. The molecule has 0 radical (unpaired) electrons. The minimum Gasteiger partial charge on any atom is -0.497 e. The van der Waals surface area contributed by atoms with Crippen LogP contribution in [-0.4, -0.2) is 38.7 Å². The number of hydrogen-bond acceptors (Lipinski definition) is 4. The number of rotatable bonds is 5. The van der Waals surface area contributed by atoms with Gasteiger partial charge in [-0.25, -0.2) is 0 Å². The molecule has 0 aliphatic carbocycles. The zero-order valence-corrected chi connectivity index (χ0v) is 18.5. The minimum absolute atomic E-state index is 0.0794. The van der Waals surface area contributed by atoms with Crippen molar-refractivity contribution in [2.24, 2.45) is 0 Å². The van der Waals surface area contributed by atoms with Gasteiger partial charge in [-0.3, -0.25) is 4.79 Å². The number of carbonyl (C=O) groups excluding carboxylic acids is 1. The summed E-state index contributed by atoms with van der Waals surface area (Å²) in [4.78, 5) is 15.5. The highest BCUT2D eigenvalue weighted by atomic mass is 35.5. The van der Waals surface area contributed by atoms with Crippen LogP contribution in [0.5, 0.6) is 17.2 Å². The molecule has 0 N–H and O–H groups in total. The molecule has 3 aromatic rings. The maximum Gasteiger partial charge on any atom is 0.254 e. The molecule has 31 heavy (non-hydrogen) atoms. The Hall–Kier alpha value is -3.18. The molecular formula is C25H24ClNO4. The van der Waals surface area contributed by atoms with Crippen LogP contribution in [0, 0.1) is 0 Å². The highest BCUT2D eigenvalue weighted by Gasteiger charge is 2.35. The second-order valence-corrected chi connectivity index (χ2v) is 7.72. The standard InChI is InChI=1S/C25H24ClNO4/c1-29-18-8-6-7-17(13-18)25(28)27-12-11-16-14-22(30-2)23(31-3)15-20(16)24(27)19-9-4-5-10-21(19)26/h4-10,13-15,24H,11-12H2,1-3H3. The Kier molecular flexibility index (Phi) is 6.05. The van der Waals surface area contributed by atoms with Gasteiger partial charge in [-0.05, 0) is 59.5 Å². The number of nitrogens with zero attached hydrogens (tertiary/aromatic N) is 1. The van der Waals surface area contributed by atoms with E-state index in [-0.39, 0.29) is 11.9 Å². The van der Waals surface area contributed by atoms with Gasteiger partial charge in [-0.1, -0.05) is 35.9 Å². The molecular weight excluding hydrogens is 414 g/mol. The molecule has 4 rings (SSSR count). The lowest BCUT2D eigenvalue weighted by molar-refractivity contribution is 0.0694. The molecule has 1 aliphatic rings. The molecule has 0 spiro atoms. The molecule has 160 valence electrons. The molecule has 0 fully saturated rings. The summed E-state index contributed by atoms with van der Waals surface area (Å²) < 4.78 is 16.4. The van der Waals surface area contributed by atoms with E-state index in [4.69, 9.17) is 25.8 Å². The van der Waals surface area contributed by atoms with E-state index in [0.29, 0.717) is 40.8 Å². The monoisotopic (exact) mass is 437 g/mol. The Bertz CT molecular complexity index is 1110. The molecule has 3 aromatic carbocycles. The van der Waals surface area contributed by atoms with Crippen LogP contribution in [0.3, 0.4) is 0 Å². The van der Waals surface area contributed by atoms with Crippen molar-refractivity contribution in [1.29, 1.82) is 0 Å². The summed E-state index contributed by atoms with van der Waals surface area (Å²) in [5, 5.41) is 0.610. The number of benzene rings is 3. The summed E-state index contributed by atoms with van der Waals surface area (Å²) in [5.41, 5.74) is 3.53. The predicted octanol–water partition coefficient (Wildman–Crippen LogP) is 5.15. The van der Waals surface area contributed by atoms with E-state index >= 15 is 0 Å². The van der Waals surface area contributed by atoms with Crippen LogP contribution in [0.1, 0.15) is 33.1 Å². The molecule has 1 aliphatic heterocycles. The van der Waals surface area contributed by atoms with Gasteiger partial charge in [0, 0.05) is 17.1 Å². The van der Waals surface area contributed by atoms with Crippen LogP contribution in [0.15, 0.2) is 60.7 Å². The third kappa shape index (κ3) is 3.93. The van der Waals surface area contributed by atoms with Gasteiger partial charge in [0.25, 0.3) is 5.91 Å². The molecule has 5 nitrogen and oxygen atoms in total. The van der Waals surface area contributed by atoms with Gasteiger partial charge in [-0.2, -0.15) is 0 Å². The third-order valence-electron chi connectivity index (χ3n) is 5.65. The summed E-state index contributed by atoms with van der Waals surface area (Å²) in [5.74, 6) is 1.86. The summed E-state index contributed by atoms with van der Waals surface area (Å²) in [6, 6.07) is 18.4. The van der Waals surface area contributed by atoms with E-state index in [1.165, 1.54) is 0 Å². The average Bonchev–Trinajstić information content (AvgIpc) is 2.82. The summed E-state index contributed by atoms with van der Waals surface area (Å²) in [6.07, 6.45) is 0.701. The maximum atomic E-state index is 13.6. The van der Waals surface area contributed by atoms with Crippen molar-refractivity contribution in [3.05, 3.63) is 87.9 Å². The molecule has 6 heteroatoms. The van der Waals surface area contributed by atoms with Crippen molar-refractivity contribution in [1.82, 2.24) is 4.90 Å². The first-order valence-electron chi connectivity index (χ1n) is 10.0. The zero-order chi connectivity index (χ0) is 22.0. The van der Waals surface area contributed by atoms with Crippen molar-refractivity contribution >= 4 is 17.5 Å². The highest BCUT2D eigenvalue weighted by Crippen LogP contribution is 2.43. The van der Waals surface area contributed by atoms with E-state index in [2.05, 4.69) is 0 Å². The van der Waals surface area contributed by atoms with Crippen LogP contribution in [0.2, 0.25) is 5.02 Å². The van der Waals surface area contributed by atoms with Gasteiger partial charge in [0.05, 0.1) is 27.4 Å². The molecule has 1 amide bonds. The van der Waals surface area contributed by atoms with Crippen molar-refractivity contribution in [2.75, 3.05) is 27.9 Å². The fraction of sp³-hybridized carbons (Fsp3) is 0.240. The molecule has 1 heterocycles. The number of halogens is 1. The van der Waals surface area contributed by atoms with E-state index in [0.717, 1.165) is 16.7 Å². The summed E-state index contributed by atoms with van der Waals surface area (Å²) in [7, 11) is 4.82. The number of fused-ring (bicyclic) bond motifs is 1. The SMILES string of the molecule is COc1cccc(C(=O)N2CCc3cc(OC)c(OC)cc3C2c2ccccc2Cl)c1. The number of ether oxygens (including phenoxy) is 3. The molecule has 0 aromatic heterocycles. The van der Waals surface area contributed by atoms with E-state index in [1.807, 2.05) is 53.4 Å². The Morgan fingerprint density at radius 1 is 0.903 bits per heavy atom. The Balaban J connectivity index is 1.86. The van der Waals surface area contributed by atoms with Gasteiger partial charge in [0.15, 0.2) is 11.5 Å². The van der Waals surface area contributed by atoms with E-state index in [1.54, 1.807) is 33.5 Å². The normalized spacial score (nSPS) is 15.2. The van der Waals surface area contributed by atoms with Crippen LogP contribution in [0.4, 0.5) is 0 Å². The quantitative estimate of drug-likeness (QED) is 0.553. The fourth-order valence-corrected chi connectivity index (χ4v) is 4.36. The predicted molar refractivity (Wildman–Crippen MR) is 121 cm³/mol. The fourth-order valence-electron chi connectivity index (χ4n) is 4.12.